The van der Waals surface area contributed by atoms with Crippen LogP contribution in [0.4, 0.5) is 0 Å². The van der Waals surface area contributed by atoms with E-state index in [0.717, 1.165) is 39.2 Å². The standard InChI is InChI=1S/C21H17N5O/c1-13-17(12-22-23-13)15-8-9-16-19(10-15)26-20(25(2)21(16)27)11-18(24-26)14-6-4-3-5-7-14/h3-12H,1-2H3,(H,22,23). The van der Waals surface area contributed by atoms with Crippen LogP contribution < -0.4 is 5.56 Å². The zero-order chi connectivity index (χ0) is 18.5. The zero-order valence-electron chi connectivity index (χ0n) is 15.0. The van der Waals surface area contributed by atoms with Gasteiger partial charge in [0.2, 0.25) is 0 Å². The number of aromatic nitrogens is 5. The lowest BCUT2D eigenvalue weighted by Crippen LogP contribution is -2.19. The van der Waals surface area contributed by atoms with Crippen molar-refractivity contribution < 1.29 is 0 Å². The van der Waals surface area contributed by atoms with Gasteiger partial charge in [0, 0.05) is 30.4 Å². The number of hydrogen-bond donors (Lipinski definition) is 1. The number of benzene rings is 2. The minimum absolute atomic E-state index is 0.0347. The van der Waals surface area contributed by atoms with E-state index in [-0.39, 0.29) is 5.56 Å². The molecule has 5 rings (SSSR count). The van der Waals surface area contributed by atoms with Gasteiger partial charge in [-0.2, -0.15) is 10.2 Å². The summed E-state index contributed by atoms with van der Waals surface area (Å²) in [6, 6.07) is 17.7. The van der Waals surface area contributed by atoms with Crippen molar-refractivity contribution in [2.24, 2.45) is 7.05 Å². The number of rotatable bonds is 2. The van der Waals surface area contributed by atoms with Crippen LogP contribution in [-0.4, -0.2) is 24.4 Å². The lowest BCUT2D eigenvalue weighted by molar-refractivity contribution is 0.850. The maximum atomic E-state index is 12.9. The summed E-state index contributed by atoms with van der Waals surface area (Å²) in [4.78, 5) is 12.9. The number of H-pyrrole nitrogens is 1. The third kappa shape index (κ3) is 2.30. The summed E-state index contributed by atoms with van der Waals surface area (Å²) in [5.74, 6) is 0. The molecule has 0 radical (unpaired) electrons. The fourth-order valence-corrected chi connectivity index (χ4v) is 3.53. The largest absolute Gasteiger partial charge is 0.296 e. The molecule has 0 unspecified atom stereocenters. The minimum Gasteiger partial charge on any atom is -0.296 e. The van der Waals surface area contributed by atoms with Crippen molar-refractivity contribution >= 4 is 16.6 Å². The van der Waals surface area contributed by atoms with Crippen LogP contribution in [0.2, 0.25) is 0 Å². The SMILES string of the molecule is Cc1n[nH]cc1-c1ccc2c(=O)n(C)c3cc(-c4ccccc4)nn3c2c1. The number of aromatic amines is 1. The molecule has 5 aromatic rings. The average molecular weight is 355 g/mol. The summed E-state index contributed by atoms with van der Waals surface area (Å²) in [6.07, 6.45) is 1.87. The van der Waals surface area contributed by atoms with E-state index in [1.54, 1.807) is 11.6 Å². The van der Waals surface area contributed by atoms with Crippen LogP contribution in [0.3, 0.4) is 0 Å². The molecular formula is C21H17N5O. The van der Waals surface area contributed by atoms with Gasteiger partial charge in [0.15, 0.2) is 0 Å². The van der Waals surface area contributed by atoms with Crippen molar-refractivity contribution in [1.29, 1.82) is 0 Å². The lowest BCUT2D eigenvalue weighted by Gasteiger charge is -2.08. The fraction of sp³-hybridized carbons (Fsp3) is 0.0952. The molecule has 3 heterocycles. The van der Waals surface area contributed by atoms with E-state index in [2.05, 4.69) is 10.2 Å². The molecule has 0 saturated heterocycles. The van der Waals surface area contributed by atoms with Crippen molar-refractivity contribution in [3.8, 4) is 22.4 Å². The molecule has 0 spiro atoms. The third-order valence-corrected chi connectivity index (χ3v) is 5.01. The summed E-state index contributed by atoms with van der Waals surface area (Å²) in [5, 5.41) is 12.5. The van der Waals surface area contributed by atoms with Crippen LogP contribution in [0, 0.1) is 6.92 Å². The molecule has 3 aromatic heterocycles. The van der Waals surface area contributed by atoms with Gasteiger partial charge in [-0.25, -0.2) is 4.52 Å². The fourth-order valence-electron chi connectivity index (χ4n) is 3.53. The highest BCUT2D eigenvalue weighted by atomic mass is 16.1. The number of nitrogens with zero attached hydrogens (tertiary/aromatic N) is 4. The van der Waals surface area contributed by atoms with E-state index in [4.69, 9.17) is 5.10 Å². The first kappa shape index (κ1) is 15.6. The molecule has 6 heteroatoms. The molecule has 0 bridgehead atoms. The third-order valence-electron chi connectivity index (χ3n) is 5.01. The van der Waals surface area contributed by atoms with Gasteiger partial charge in [-0.05, 0) is 24.6 Å². The molecule has 132 valence electrons. The van der Waals surface area contributed by atoms with Gasteiger partial charge in [0.05, 0.1) is 22.3 Å². The Balaban J connectivity index is 1.85. The van der Waals surface area contributed by atoms with Crippen molar-refractivity contribution in [3.63, 3.8) is 0 Å². The molecule has 6 nitrogen and oxygen atoms in total. The molecule has 2 aromatic carbocycles. The normalized spacial score (nSPS) is 11.5. The Hall–Kier alpha value is -3.67. The molecule has 0 saturated carbocycles. The highest BCUT2D eigenvalue weighted by Gasteiger charge is 2.14. The van der Waals surface area contributed by atoms with Gasteiger partial charge in [-0.15, -0.1) is 0 Å². The van der Waals surface area contributed by atoms with E-state index in [9.17, 15) is 4.79 Å². The number of fused-ring (bicyclic) bond motifs is 3. The van der Waals surface area contributed by atoms with Gasteiger partial charge < -0.3 is 0 Å². The number of hydrogen-bond acceptors (Lipinski definition) is 3. The summed E-state index contributed by atoms with van der Waals surface area (Å²) in [5.41, 5.74) is 6.29. The minimum atomic E-state index is -0.0347. The average Bonchev–Trinajstić information content (AvgIpc) is 3.33. The lowest BCUT2D eigenvalue weighted by atomic mass is 10.1. The second kappa shape index (κ2) is 5.67. The Morgan fingerprint density at radius 1 is 1.00 bits per heavy atom. The Labute approximate surface area is 154 Å². The molecule has 0 atom stereocenters. The van der Waals surface area contributed by atoms with Crippen LogP contribution >= 0.6 is 0 Å². The van der Waals surface area contributed by atoms with E-state index in [1.165, 1.54) is 0 Å². The summed E-state index contributed by atoms with van der Waals surface area (Å²) >= 11 is 0. The molecule has 1 N–H and O–H groups in total. The van der Waals surface area contributed by atoms with Gasteiger partial charge >= 0.3 is 0 Å². The molecule has 0 fully saturated rings. The van der Waals surface area contributed by atoms with E-state index in [1.807, 2.05) is 72.2 Å². The predicted molar refractivity (Wildman–Crippen MR) is 106 cm³/mol. The monoisotopic (exact) mass is 355 g/mol. The molecular weight excluding hydrogens is 338 g/mol. The molecule has 0 aliphatic rings. The van der Waals surface area contributed by atoms with E-state index < -0.39 is 0 Å². The topological polar surface area (TPSA) is 68.0 Å². The Kier molecular flexibility index (Phi) is 3.27. The van der Waals surface area contributed by atoms with Crippen molar-refractivity contribution in [3.05, 3.63) is 76.8 Å². The van der Waals surface area contributed by atoms with Gasteiger partial charge in [0.25, 0.3) is 5.56 Å². The quantitative estimate of drug-likeness (QED) is 0.526. The van der Waals surface area contributed by atoms with Crippen LogP contribution in [-0.2, 0) is 7.05 Å². The molecule has 0 aliphatic heterocycles. The first-order valence-corrected chi connectivity index (χ1v) is 8.72. The Morgan fingerprint density at radius 2 is 1.81 bits per heavy atom. The van der Waals surface area contributed by atoms with Crippen LogP contribution in [0.25, 0.3) is 38.9 Å². The van der Waals surface area contributed by atoms with Crippen LogP contribution in [0.1, 0.15) is 5.69 Å². The van der Waals surface area contributed by atoms with Crippen LogP contribution in [0.15, 0.2) is 65.6 Å². The highest BCUT2D eigenvalue weighted by molar-refractivity contribution is 5.86. The van der Waals surface area contributed by atoms with Crippen molar-refractivity contribution in [2.75, 3.05) is 0 Å². The van der Waals surface area contributed by atoms with Crippen LogP contribution in [0.5, 0.6) is 0 Å². The maximum Gasteiger partial charge on any atom is 0.261 e. The summed E-state index contributed by atoms with van der Waals surface area (Å²) in [7, 11) is 1.78. The van der Waals surface area contributed by atoms with Gasteiger partial charge in [-0.3, -0.25) is 14.5 Å². The van der Waals surface area contributed by atoms with Crippen molar-refractivity contribution in [1.82, 2.24) is 24.4 Å². The zero-order valence-corrected chi connectivity index (χ0v) is 15.0. The second-order valence-corrected chi connectivity index (χ2v) is 6.65. The highest BCUT2D eigenvalue weighted by Crippen LogP contribution is 2.26. The molecule has 27 heavy (non-hydrogen) atoms. The van der Waals surface area contributed by atoms with E-state index in [0.29, 0.717) is 5.39 Å². The number of nitrogens with one attached hydrogen (secondary N) is 1. The predicted octanol–water partition coefficient (Wildman–Crippen LogP) is 3.55. The van der Waals surface area contributed by atoms with Crippen molar-refractivity contribution in [2.45, 2.75) is 6.92 Å². The van der Waals surface area contributed by atoms with E-state index >= 15 is 0 Å². The number of aryl methyl sites for hydroxylation is 2. The Morgan fingerprint density at radius 3 is 2.56 bits per heavy atom. The van der Waals surface area contributed by atoms with Gasteiger partial charge in [-0.1, -0.05) is 36.4 Å². The smallest absolute Gasteiger partial charge is 0.261 e. The first-order valence-electron chi connectivity index (χ1n) is 8.72. The van der Waals surface area contributed by atoms with Gasteiger partial charge in [0.1, 0.15) is 5.65 Å². The molecule has 0 aliphatic carbocycles. The Bertz CT molecular complexity index is 1360. The maximum absolute atomic E-state index is 12.9. The molecule has 0 amide bonds. The second-order valence-electron chi connectivity index (χ2n) is 6.65. The summed E-state index contributed by atoms with van der Waals surface area (Å²) < 4.78 is 3.49. The first-order chi connectivity index (χ1) is 13.1. The summed E-state index contributed by atoms with van der Waals surface area (Å²) in [6.45, 7) is 1.96.